The lowest BCUT2D eigenvalue weighted by atomic mass is 10.0. The van der Waals surface area contributed by atoms with E-state index in [9.17, 15) is 8.42 Å². The number of nitrogens with one attached hydrogen (secondary N) is 1. The van der Waals surface area contributed by atoms with Crippen LogP contribution in [0, 0.1) is 0 Å². The van der Waals surface area contributed by atoms with E-state index in [4.69, 9.17) is 0 Å². The molecule has 1 saturated heterocycles. The van der Waals surface area contributed by atoms with Gasteiger partial charge in [-0.25, -0.2) is 8.42 Å². The molecule has 1 aromatic rings. The zero-order valence-electron chi connectivity index (χ0n) is 13.0. The minimum Gasteiger partial charge on any atom is -0.367 e. The number of anilines is 1. The zero-order valence-corrected chi connectivity index (χ0v) is 13.8. The van der Waals surface area contributed by atoms with E-state index in [0.717, 1.165) is 31.7 Å². The molecule has 0 aliphatic carbocycles. The first-order valence-corrected chi connectivity index (χ1v) is 9.54. The first-order chi connectivity index (χ1) is 10.1. The van der Waals surface area contributed by atoms with Crippen molar-refractivity contribution in [3.8, 4) is 0 Å². The van der Waals surface area contributed by atoms with Crippen LogP contribution in [-0.4, -0.2) is 39.8 Å². The van der Waals surface area contributed by atoms with Gasteiger partial charge >= 0.3 is 0 Å². The second-order valence-electron chi connectivity index (χ2n) is 5.59. The van der Waals surface area contributed by atoms with E-state index in [-0.39, 0.29) is 5.75 Å². The van der Waals surface area contributed by atoms with Crippen molar-refractivity contribution in [2.45, 2.75) is 44.0 Å². The van der Waals surface area contributed by atoms with Crippen LogP contribution in [0.3, 0.4) is 0 Å². The average molecular weight is 310 g/mol. The standard InChI is InChI=1S/C16H26N2O2S/c1-3-12-18(15-6-5-11-17-13-15)14-7-9-16(10-8-14)21(19,20)4-2/h7-10,15,17H,3-6,11-13H2,1-2H3. The summed E-state index contributed by atoms with van der Waals surface area (Å²) in [6.07, 6.45) is 3.49. The lowest BCUT2D eigenvalue weighted by Gasteiger charge is -2.36. The molecule has 0 bridgehead atoms. The van der Waals surface area contributed by atoms with Crippen LogP contribution in [-0.2, 0) is 9.84 Å². The molecule has 0 spiro atoms. The smallest absolute Gasteiger partial charge is 0.178 e. The highest BCUT2D eigenvalue weighted by molar-refractivity contribution is 7.91. The van der Waals surface area contributed by atoms with E-state index >= 15 is 0 Å². The van der Waals surface area contributed by atoms with Gasteiger partial charge in [-0.3, -0.25) is 0 Å². The Balaban J connectivity index is 2.20. The molecule has 4 nitrogen and oxygen atoms in total. The molecule has 1 heterocycles. The minimum atomic E-state index is -3.11. The van der Waals surface area contributed by atoms with E-state index in [1.807, 2.05) is 12.1 Å². The molecule has 118 valence electrons. The molecular formula is C16H26N2O2S. The first kappa shape index (κ1) is 16.3. The third-order valence-corrected chi connectivity index (χ3v) is 5.83. The Kier molecular flexibility index (Phi) is 5.65. The van der Waals surface area contributed by atoms with Crippen LogP contribution in [0.1, 0.15) is 33.1 Å². The monoisotopic (exact) mass is 310 g/mol. The molecule has 0 radical (unpaired) electrons. The molecule has 1 aliphatic heterocycles. The molecule has 1 N–H and O–H groups in total. The molecule has 5 heteroatoms. The highest BCUT2D eigenvalue weighted by atomic mass is 32.2. The number of benzene rings is 1. The Labute approximate surface area is 128 Å². The van der Waals surface area contributed by atoms with Crippen molar-refractivity contribution >= 4 is 15.5 Å². The van der Waals surface area contributed by atoms with Gasteiger partial charge in [0, 0.05) is 24.8 Å². The Morgan fingerprint density at radius 2 is 1.95 bits per heavy atom. The highest BCUT2D eigenvalue weighted by Crippen LogP contribution is 2.23. The number of hydrogen-bond acceptors (Lipinski definition) is 4. The quantitative estimate of drug-likeness (QED) is 0.877. The topological polar surface area (TPSA) is 49.4 Å². The molecule has 0 amide bonds. The Morgan fingerprint density at radius 3 is 2.48 bits per heavy atom. The SMILES string of the molecule is CCCN(c1ccc(S(=O)(=O)CC)cc1)C1CCCNC1. The van der Waals surface area contributed by atoms with Crippen LogP contribution in [0.25, 0.3) is 0 Å². The van der Waals surface area contributed by atoms with Crippen LogP contribution in [0.4, 0.5) is 5.69 Å². The van der Waals surface area contributed by atoms with Crippen LogP contribution in [0.5, 0.6) is 0 Å². The van der Waals surface area contributed by atoms with Gasteiger partial charge in [-0.1, -0.05) is 13.8 Å². The third-order valence-electron chi connectivity index (χ3n) is 4.08. The summed E-state index contributed by atoms with van der Waals surface area (Å²) >= 11 is 0. The normalized spacial score (nSPS) is 19.4. The summed E-state index contributed by atoms with van der Waals surface area (Å²) in [6, 6.07) is 7.90. The van der Waals surface area contributed by atoms with Crippen molar-refractivity contribution in [3.05, 3.63) is 24.3 Å². The van der Waals surface area contributed by atoms with Crippen LogP contribution in [0.15, 0.2) is 29.2 Å². The van der Waals surface area contributed by atoms with Crippen LogP contribution < -0.4 is 10.2 Å². The maximum atomic E-state index is 11.9. The van der Waals surface area contributed by atoms with Gasteiger partial charge in [0.15, 0.2) is 9.84 Å². The number of hydrogen-bond donors (Lipinski definition) is 1. The van der Waals surface area contributed by atoms with Gasteiger partial charge in [-0.05, 0) is 50.1 Å². The third kappa shape index (κ3) is 3.98. The van der Waals surface area contributed by atoms with Gasteiger partial charge in [0.1, 0.15) is 0 Å². The first-order valence-electron chi connectivity index (χ1n) is 7.88. The maximum Gasteiger partial charge on any atom is 0.178 e. The Bertz CT molecular complexity index is 534. The highest BCUT2D eigenvalue weighted by Gasteiger charge is 2.21. The lowest BCUT2D eigenvalue weighted by Crippen LogP contribution is -2.46. The second-order valence-corrected chi connectivity index (χ2v) is 7.87. The molecular weight excluding hydrogens is 284 g/mol. The van der Waals surface area contributed by atoms with Gasteiger partial charge in [-0.15, -0.1) is 0 Å². The fourth-order valence-corrected chi connectivity index (χ4v) is 3.76. The van der Waals surface area contributed by atoms with Gasteiger partial charge in [0.25, 0.3) is 0 Å². The minimum absolute atomic E-state index is 0.150. The van der Waals surface area contributed by atoms with Gasteiger partial charge in [0.2, 0.25) is 0 Å². The van der Waals surface area contributed by atoms with Crippen LogP contribution >= 0.6 is 0 Å². The van der Waals surface area contributed by atoms with Crippen molar-refractivity contribution in [2.24, 2.45) is 0 Å². The number of piperidine rings is 1. The summed E-state index contributed by atoms with van der Waals surface area (Å²) in [4.78, 5) is 2.83. The summed E-state index contributed by atoms with van der Waals surface area (Å²) in [6.45, 7) is 6.98. The molecule has 1 aliphatic rings. The molecule has 0 aromatic heterocycles. The average Bonchev–Trinajstić information content (AvgIpc) is 2.53. The maximum absolute atomic E-state index is 11.9. The van der Waals surface area contributed by atoms with Gasteiger partial charge < -0.3 is 10.2 Å². The second kappa shape index (κ2) is 7.27. The molecule has 2 rings (SSSR count). The Hall–Kier alpha value is -1.07. The zero-order chi connectivity index (χ0) is 15.3. The van der Waals surface area contributed by atoms with E-state index in [2.05, 4.69) is 17.1 Å². The molecule has 1 atom stereocenters. The summed E-state index contributed by atoms with van der Waals surface area (Å²) in [5.74, 6) is 0.150. The van der Waals surface area contributed by atoms with Crippen molar-refractivity contribution in [1.29, 1.82) is 0 Å². The van der Waals surface area contributed by atoms with Gasteiger partial charge in [0.05, 0.1) is 10.6 Å². The fourth-order valence-electron chi connectivity index (χ4n) is 2.87. The molecule has 1 fully saturated rings. The summed E-state index contributed by atoms with van der Waals surface area (Å²) < 4.78 is 23.8. The number of nitrogens with zero attached hydrogens (tertiary/aromatic N) is 1. The van der Waals surface area contributed by atoms with E-state index < -0.39 is 9.84 Å². The lowest BCUT2D eigenvalue weighted by molar-refractivity contribution is 0.431. The van der Waals surface area contributed by atoms with E-state index in [0.29, 0.717) is 10.9 Å². The van der Waals surface area contributed by atoms with Crippen molar-refractivity contribution in [3.63, 3.8) is 0 Å². The van der Waals surface area contributed by atoms with E-state index in [1.165, 1.54) is 12.8 Å². The summed E-state index contributed by atoms with van der Waals surface area (Å²) in [5, 5.41) is 3.45. The molecule has 1 unspecified atom stereocenters. The molecule has 1 aromatic carbocycles. The Morgan fingerprint density at radius 1 is 1.24 bits per heavy atom. The molecule has 21 heavy (non-hydrogen) atoms. The van der Waals surface area contributed by atoms with Crippen molar-refractivity contribution in [1.82, 2.24) is 5.32 Å². The van der Waals surface area contributed by atoms with Crippen LogP contribution in [0.2, 0.25) is 0 Å². The summed E-state index contributed by atoms with van der Waals surface area (Å²) in [7, 11) is -3.11. The van der Waals surface area contributed by atoms with E-state index in [1.54, 1.807) is 19.1 Å². The van der Waals surface area contributed by atoms with Crippen molar-refractivity contribution in [2.75, 3.05) is 30.3 Å². The van der Waals surface area contributed by atoms with Crippen molar-refractivity contribution < 1.29 is 8.42 Å². The fraction of sp³-hybridized carbons (Fsp3) is 0.625. The number of sulfone groups is 1. The predicted octanol–water partition coefficient (Wildman–Crippen LogP) is 2.45. The van der Waals surface area contributed by atoms with Gasteiger partial charge in [-0.2, -0.15) is 0 Å². The largest absolute Gasteiger partial charge is 0.367 e. The number of rotatable bonds is 6. The predicted molar refractivity (Wildman–Crippen MR) is 87.7 cm³/mol. The molecule has 0 saturated carbocycles. The summed E-state index contributed by atoms with van der Waals surface area (Å²) in [5.41, 5.74) is 1.13.